The molecule has 0 radical (unpaired) electrons. The third-order valence-corrected chi connectivity index (χ3v) is 5.00. The van der Waals surface area contributed by atoms with Gasteiger partial charge in [0.05, 0.1) is 6.54 Å². The zero-order valence-corrected chi connectivity index (χ0v) is 16.1. The van der Waals surface area contributed by atoms with Crippen molar-refractivity contribution >= 4 is 5.96 Å². The van der Waals surface area contributed by atoms with Crippen LogP contribution in [0.2, 0.25) is 0 Å². The largest absolute Gasteiger partial charge is 0.401 e. The lowest BCUT2D eigenvalue weighted by Gasteiger charge is -2.32. The summed E-state index contributed by atoms with van der Waals surface area (Å²) in [5.41, 5.74) is 2.44. The molecule has 5 nitrogen and oxygen atoms in total. The summed E-state index contributed by atoms with van der Waals surface area (Å²) in [4.78, 5) is 9.83. The lowest BCUT2D eigenvalue weighted by Crippen LogP contribution is -2.42. The third kappa shape index (κ3) is 8.15. The van der Waals surface area contributed by atoms with E-state index in [2.05, 4.69) is 27.5 Å². The number of alkyl halides is 3. The quantitative estimate of drug-likeness (QED) is 0.560. The summed E-state index contributed by atoms with van der Waals surface area (Å²) in [6, 6.07) is 2.03. The number of pyridine rings is 1. The van der Waals surface area contributed by atoms with E-state index in [0.29, 0.717) is 19.0 Å². The number of guanidine groups is 1. The summed E-state index contributed by atoms with van der Waals surface area (Å²) >= 11 is 0. The highest BCUT2D eigenvalue weighted by Gasteiger charge is 2.32. The Morgan fingerprint density at radius 3 is 2.59 bits per heavy atom. The number of hydrogen-bond donors (Lipinski definition) is 2. The molecule has 1 aromatic heterocycles. The molecule has 0 spiro atoms. The van der Waals surface area contributed by atoms with E-state index >= 15 is 0 Å². The maximum Gasteiger partial charge on any atom is 0.401 e. The van der Waals surface area contributed by atoms with E-state index in [0.717, 1.165) is 44.7 Å². The Bertz CT molecular complexity index is 595. The van der Waals surface area contributed by atoms with Crippen LogP contribution in [-0.2, 0) is 6.42 Å². The first kappa shape index (κ1) is 21.5. The summed E-state index contributed by atoms with van der Waals surface area (Å²) in [7, 11) is 1.74. The van der Waals surface area contributed by atoms with Gasteiger partial charge in [-0.3, -0.25) is 14.9 Å². The zero-order chi connectivity index (χ0) is 19.7. The number of hydrogen-bond acceptors (Lipinski definition) is 3. The van der Waals surface area contributed by atoms with Crippen molar-refractivity contribution in [3.8, 4) is 0 Å². The Hall–Kier alpha value is -1.83. The fourth-order valence-electron chi connectivity index (χ4n) is 3.40. The predicted molar refractivity (Wildman–Crippen MR) is 102 cm³/mol. The summed E-state index contributed by atoms with van der Waals surface area (Å²) in [6.45, 7) is 3.88. The molecular weight excluding hydrogens is 355 g/mol. The first-order chi connectivity index (χ1) is 12.9. The van der Waals surface area contributed by atoms with Crippen LogP contribution in [0.5, 0.6) is 0 Å². The minimum Gasteiger partial charge on any atom is -0.356 e. The molecule has 1 aromatic rings. The second kappa shape index (κ2) is 10.5. The molecule has 0 aliphatic carbocycles. The van der Waals surface area contributed by atoms with Gasteiger partial charge < -0.3 is 10.6 Å². The maximum absolute atomic E-state index is 12.4. The van der Waals surface area contributed by atoms with Crippen molar-refractivity contribution in [2.45, 2.75) is 38.8 Å². The highest BCUT2D eigenvalue weighted by Crippen LogP contribution is 2.23. The van der Waals surface area contributed by atoms with Crippen molar-refractivity contribution in [1.29, 1.82) is 0 Å². The van der Waals surface area contributed by atoms with E-state index in [9.17, 15) is 13.2 Å². The lowest BCUT2D eigenvalue weighted by atomic mass is 9.93. The second-order valence-corrected chi connectivity index (χ2v) is 7.10. The SMILES string of the molecule is CN=C(NCCc1ccncc1C)NCCC1CCN(CC(F)(F)F)CC1. The molecule has 0 unspecified atom stereocenters. The molecule has 1 aliphatic rings. The van der Waals surface area contributed by atoms with Gasteiger partial charge in [-0.1, -0.05) is 0 Å². The van der Waals surface area contributed by atoms with Crippen LogP contribution in [0.15, 0.2) is 23.5 Å². The minimum absolute atomic E-state index is 0.472. The van der Waals surface area contributed by atoms with Gasteiger partial charge in [-0.05, 0) is 68.8 Å². The van der Waals surface area contributed by atoms with Crippen LogP contribution in [0, 0.1) is 12.8 Å². The molecule has 27 heavy (non-hydrogen) atoms. The summed E-state index contributed by atoms with van der Waals surface area (Å²) in [5, 5.41) is 6.60. The Morgan fingerprint density at radius 2 is 1.96 bits per heavy atom. The number of halogens is 3. The van der Waals surface area contributed by atoms with E-state index < -0.39 is 12.7 Å². The fraction of sp³-hybridized carbons (Fsp3) is 0.684. The summed E-state index contributed by atoms with van der Waals surface area (Å²) in [6.07, 6.45) is 3.06. The molecule has 2 rings (SSSR count). The van der Waals surface area contributed by atoms with Crippen LogP contribution >= 0.6 is 0 Å². The number of rotatable bonds is 7. The van der Waals surface area contributed by atoms with Crippen molar-refractivity contribution in [1.82, 2.24) is 20.5 Å². The number of aromatic nitrogens is 1. The van der Waals surface area contributed by atoms with Crippen LogP contribution in [0.25, 0.3) is 0 Å². The topological polar surface area (TPSA) is 52.6 Å². The van der Waals surface area contributed by atoms with Crippen molar-refractivity contribution in [2.75, 3.05) is 39.8 Å². The minimum atomic E-state index is -4.10. The molecule has 2 N–H and O–H groups in total. The van der Waals surface area contributed by atoms with E-state index in [-0.39, 0.29) is 0 Å². The van der Waals surface area contributed by atoms with E-state index in [1.54, 1.807) is 13.2 Å². The molecule has 152 valence electrons. The molecule has 0 aromatic carbocycles. The maximum atomic E-state index is 12.4. The molecule has 1 saturated heterocycles. The second-order valence-electron chi connectivity index (χ2n) is 7.10. The van der Waals surface area contributed by atoms with Crippen molar-refractivity contribution in [2.24, 2.45) is 10.9 Å². The predicted octanol–water partition coefficient (Wildman–Crippen LogP) is 2.76. The van der Waals surface area contributed by atoms with Gasteiger partial charge in [-0.2, -0.15) is 13.2 Å². The molecular formula is C19H30F3N5. The van der Waals surface area contributed by atoms with Gasteiger partial charge in [0.2, 0.25) is 0 Å². The van der Waals surface area contributed by atoms with Gasteiger partial charge in [0.15, 0.2) is 5.96 Å². The number of aliphatic imine (C=N–C) groups is 1. The molecule has 1 aliphatic heterocycles. The highest BCUT2D eigenvalue weighted by atomic mass is 19.4. The molecule has 8 heteroatoms. The van der Waals surface area contributed by atoms with Crippen LogP contribution in [0.1, 0.15) is 30.4 Å². The standard InChI is InChI=1S/C19H30F3N5/c1-15-13-24-8-4-17(15)5-10-26-18(23-2)25-9-3-16-6-11-27(12-7-16)14-19(20,21)22/h4,8,13,16H,3,5-7,9-12,14H2,1-2H3,(H2,23,25,26). The first-order valence-electron chi connectivity index (χ1n) is 9.50. The van der Waals surface area contributed by atoms with Crippen molar-refractivity contribution < 1.29 is 13.2 Å². The van der Waals surface area contributed by atoms with Gasteiger partial charge in [-0.15, -0.1) is 0 Å². The fourth-order valence-corrected chi connectivity index (χ4v) is 3.40. The summed E-state index contributed by atoms with van der Waals surface area (Å²) in [5.74, 6) is 1.23. The number of likely N-dealkylation sites (tertiary alicyclic amines) is 1. The molecule has 0 amide bonds. The summed E-state index contributed by atoms with van der Waals surface area (Å²) < 4.78 is 37.3. The van der Waals surface area contributed by atoms with Gasteiger partial charge in [-0.25, -0.2) is 0 Å². The van der Waals surface area contributed by atoms with Crippen molar-refractivity contribution in [3.63, 3.8) is 0 Å². The zero-order valence-electron chi connectivity index (χ0n) is 16.1. The molecule has 0 bridgehead atoms. The number of nitrogens with zero attached hydrogens (tertiary/aromatic N) is 3. The Kier molecular flexibility index (Phi) is 8.34. The Balaban J connectivity index is 1.61. The molecule has 0 atom stereocenters. The highest BCUT2D eigenvalue weighted by molar-refractivity contribution is 5.79. The molecule has 2 heterocycles. The first-order valence-corrected chi connectivity index (χ1v) is 9.50. The smallest absolute Gasteiger partial charge is 0.356 e. The van der Waals surface area contributed by atoms with E-state index in [1.807, 2.05) is 12.3 Å². The number of piperidine rings is 1. The number of nitrogens with one attached hydrogen (secondary N) is 2. The van der Waals surface area contributed by atoms with Crippen LogP contribution in [0.4, 0.5) is 13.2 Å². The van der Waals surface area contributed by atoms with E-state index in [4.69, 9.17) is 0 Å². The van der Waals surface area contributed by atoms with E-state index in [1.165, 1.54) is 16.0 Å². The Labute approximate surface area is 159 Å². The van der Waals surface area contributed by atoms with Gasteiger partial charge in [0, 0.05) is 32.5 Å². The molecule has 1 fully saturated rings. The van der Waals surface area contributed by atoms with Crippen molar-refractivity contribution in [3.05, 3.63) is 29.6 Å². The average molecular weight is 385 g/mol. The Morgan fingerprint density at radius 1 is 1.26 bits per heavy atom. The van der Waals surface area contributed by atoms with Crippen LogP contribution in [-0.4, -0.2) is 61.8 Å². The molecule has 0 saturated carbocycles. The average Bonchev–Trinajstić information content (AvgIpc) is 2.62. The normalized spacial score (nSPS) is 17.1. The third-order valence-electron chi connectivity index (χ3n) is 5.00. The lowest BCUT2D eigenvalue weighted by molar-refractivity contribution is -0.148. The van der Waals surface area contributed by atoms with Crippen LogP contribution in [0.3, 0.4) is 0 Å². The van der Waals surface area contributed by atoms with Gasteiger partial charge in [0.25, 0.3) is 0 Å². The monoisotopic (exact) mass is 385 g/mol. The van der Waals surface area contributed by atoms with Gasteiger partial charge in [0.1, 0.15) is 0 Å². The van der Waals surface area contributed by atoms with Gasteiger partial charge >= 0.3 is 6.18 Å². The number of aryl methyl sites for hydroxylation is 1. The van der Waals surface area contributed by atoms with Crippen LogP contribution < -0.4 is 10.6 Å².